The second kappa shape index (κ2) is 11.9. The highest BCUT2D eigenvalue weighted by Crippen LogP contribution is 2.08. The van der Waals surface area contributed by atoms with Gasteiger partial charge in [-0.05, 0) is 26.3 Å². The van der Waals surface area contributed by atoms with Crippen LogP contribution in [0.3, 0.4) is 0 Å². The molecular weight excluding hydrogens is 378 g/mol. The van der Waals surface area contributed by atoms with Crippen molar-refractivity contribution in [3.05, 3.63) is 35.9 Å². The van der Waals surface area contributed by atoms with Gasteiger partial charge in [0.1, 0.15) is 12.2 Å². The van der Waals surface area contributed by atoms with Crippen molar-refractivity contribution in [1.29, 1.82) is 0 Å². The van der Waals surface area contributed by atoms with Crippen LogP contribution in [0.25, 0.3) is 0 Å². The molecule has 2 amide bonds. The molecule has 29 heavy (non-hydrogen) atoms. The number of carbonyl (C=O) groups excluding carboxylic acids is 3. The fourth-order valence-corrected chi connectivity index (χ4v) is 2.17. The van der Waals surface area contributed by atoms with Gasteiger partial charge in [-0.25, -0.2) is 9.59 Å². The number of methoxy groups -OCH3 is 1. The first-order chi connectivity index (χ1) is 13.6. The molecule has 0 aliphatic carbocycles. The first-order valence-corrected chi connectivity index (χ1v) is 9.32. The lowest BCUT2D eigenvalue weighted by Gasteiger charge is -2.25. The zero-order chi connectivity index (χ0) is 21.9. The number of ether oxygens (including phenoxy) is 3. The molecule has 162 valence electrons. The van der Waals surface area contributed by atoms with Crippen LogP contribution in [-0.2, 0) is 25.6 Å². The molecule has 0 radical (unpaired) electrons. The SMILES string of the molecule is COC(=O)CC(NCCN(C)C(=O)OC(C)(C)C)NC(=O)OCc1ccccc1. The molecule has 1 aromatic rings. The average molecular weight is 409 g/mol. The van der Waals surface area contributed by atoms with Gasteiger partial charge in [0.25, 0.3) is 0 Å². The molecule has 0 aliphatic rings. The summed E-state index contributed by atoms with van der Waals surface area (Å²) in [5.74, 6) is -0.494. The van der Waals surface area contributed by atoms with E-state index in [0.29, 0.717) is 13.1 Å². The molecule has 0 aliphatic heterocycles. The van der Waals surface area contributed by atoms with E-state index in [2.05, 4.69) is 15.4 Å². The van der Waals surface area contributed by atoms with Gasteiger partial charge in [0.2, 0.25) is 0 Å². The number of alkyl carbamates (subject to hydrolysis) is 1. The van der Waals surface area contributed by atoms with Crippen LogP contribution in [0.5, 0.6) is 0 Å². The molecule has 0 aromatic heterocycles. The highest BCUT2D eigenvalue weighted by molar-refractivity contribution is 5.72. The van der Waals surface area contributed by atoms with Crippen molar-refractivity contribution in [2.75, 3.05) is 27.2 Å². The number of hydrogen-bond acceptors (Lipinski definition) is 7. The van der Waals surface area contributed by atoms with Gasteiger partial charge in [-0.1, -0.05) is 30.3 Å². The van der Waals surface area contributed by atoms with Crippen LogP contribution >= 0.6 is 0 Å². The molecule has 0 bridgehead atoms. The largest absolute Gasteiger partial charge is 0.469 e. The Morgan fingerprint density at radius 2 is 1.79 bits per heavy atom. The zero-order valence-electron chi connectivity index (χ0n) is 17.7. The maximum atomic E-state index is 12.0. The van der Waals surface area contributed by atoms with Crippen molar-refractivity contribution in [1.82, 2.24) is 15.5 Å². The topological polar surface area (TPSA) is 106 Å². The van der Waals surface area contributed by atoms with Gasteiger partial charge in [0.05, 0.1) is 19.7 Å². The summed E-state index contributed by atoms with van der Waals surface area (Å²) in [5.41, 5.74) is 0.259. The predicted octanol–water partition coefficient (Wildman–Crippen LogP) is 2.26. The Kier molecular flexibility index (Phi) is 9.94. The lowest BCUT2D eigenvalue weighted by molar-refractivity contribution is -0.141. The van der Waals surface area contributed by atoms with Gasteiger partial charge in [0, 0.05) is 20.1 Å². The number of rotatable bonds is 9. The van der Waals surface area contributed by atoms with Crippen LogP contribution < -0.4 is 10.6 Å². The van der Waals surface area contributed by atoms with Crippen molar-refractivity contribution in [3.63, 3.8) is 0 Å². The molecule has 1 atom stereocenters. The minimum atomic E-state index is -0.710. The minimum absolute atomic E-state index is 0.0902. The number of nitrogens with one attached hydrogen (secondary N) is 2. The van der Waals surface area contributed by atoms with Gasteiger partial charge >= 0.3 is 18.2 Å². The van der Waals surface area contributed by atoms with E-state index < -0.39 is 29.9 Å². The summed E-state index contributed by atoms with van der Waals surface area (Å²) in [6, 6.07) is 9.24. The number of nitrogens with zero attached hydrogens (tertiary/aromatic N) is 1. The van der Waals surface area contributed by atoms with Crippen LogP contribution in [0.4, 0.5) is 9.59 Å². The van der Waals surface area contributed by atoms with Crippen molar-refractivity contribution in [2.45, 2.75) is 45.6 Å². The smallest absolute Gasteiger partial charge is 0.410 e. The van der Waals surface area contributed by atoms with Crippen LogP contribution in [0, 0.1) is 0 Å². The van der Waals surface area contributed by atoms with Gasteiger partial charge in [-0.15, -0.1) is 0 Å². The van der Waals surface area contributed by atoms with Crippen molar-refractivity contribution in [3.8, 4) is 0 Å². The molecule has 2 N–H and O–H groups in total. The Hall–Kier alpha value is -2.81. The third-order valence-electron chi connectivity index (χ3n) is 3.65. The quantitative estimate of drug-likeness (QED) is 0.366. The van der Waals surface area contributed by atoms with E-state index in [0.717, 1.165) is 5.56 Å². The monoisotopic (exact) mass is 409 g/mol. The lowest BCUT2D eigenvalue weighted by Crippen LogP contribution is -2.49. The number of amides is 2. The maximum absolute atomic E-state index is 12.0. The van der Waals surface area contributed by atoms with Gasteiger partial charge in [0.15, 0.2) is 0 Å². The van der Waals surface area contributed by atoms with Crippen LogP contribution in [-0.4, -0.2) is 62.1 Å². The van der Waals surface area contributed by atoms with E-state index >= 15 is 0 Å². The normalized spacial score (nSPS) is 11.9. The van der Waals surface area contributed by atoms with Gasteiger partial charge < -0.3 is 24.4 Å². The summed E-state index contributed by atoms with van der Waals surface area (Å²) in [6.45, 7) is 6.10. The first-order valence-electron chi connectivity index (χ1n) is 9.32. The van der Waals surface area contributed by atoms with E-state index in [4.69, 9.17) is 9.47 Å². The Morgan fingerprint density at radius 3 is 2.38 bits per heavy atom. The molecule has 0 spiro atoms. The Labute approximate surface area is 171 Å². The summed E-state index contributed by atoms with van der Waals surface area (Å²) in [7, 11) is 2.87. The van der Waals surface area contributed by atoms with E-state index in [-0.39, 0.29) is 13.0 Å². The highest BCUT2D eigenvalue weighted by Gasteiger charge is 2.21. The van der Waals surface area contributed by atoms with Crippen molar-refractivity contribution < 1.29 is 28.6 Å². The zero-order valence-corrected chi connectivity index (χ0v) is 17.7. The number of hydrogen-bond donors (Lipinski definition) is 2. The number of esters is 1. The summed E-state index contributed by atoms with van der Waals surface area (Å²) < 4.78 is 15.1. The molecular formula is C20H31N3O6. The highest BCUT2D eigenvalue weighted by atomic mass is 16.6. The summed E-state index contributed by atoms with van der Waals surface area (Å²) in [5, 5.41) is 5.59. The molecule has 0 fully saturated rings. The lowest BCUT2D eigenvalue weighted by atomic mass is 10.2. The Morgan fingerprint density at radius 1 is 1.14 bits per heavy atom. The summed E-state index contributed by atoms with van der Waals surface area (Å²) in [4.78, 5) is 37.0. The molecule has 0 heterocycles. The van der Waals surface area contributed by atoms with Crippen LogP contribution in [0.1, 0.15) is 32.8 Å². The van der Waals surface area contributed by atoms with E-state index in [1.165, 1.54) is 12.0 Å². The van der Waals surface area contributed by atoms with E-state index in [1.54, 1.807) is 27.8 Å². The Bertz CT molecular complexity index is 660. The molecule has 1 unspecified atom stereocenters. The molecule has 9 heteroatoms. The van der Waals surface area contributed by atoms with Crippen LogP contribution in [0.15, 0.2) is 30.3 Å². The molecule has 0 saturated carbocycles. The second-order valence-electron chi connectivity index (χ2n) is 7.39. The minimum Gasteiger partial charge on any atom is -0.469 e. The number of likely N-dealkylation sites (N-methyl/N-ethyl adjacent to an activating group) is 1. The first kappa shape index (κ1) is 24.2. The predicted molar refractivity (Wildman–Crippen MR) is 107 cm³/mol. The average Bonchev–Trinajstić information content (AvgIpc) is 2.65. The summed E-state index contributed by atoms with van der Waals surface area (Å²) >= 11 is 0. The molecule has 9 nitrogen and oxygen atoms in total. The van der Waals surface area contributed by atoms with Crippen molar-refractivity contribution in [2.24, 2.45) is 0 Å². The number of carbonyl (C=O) groups is 3. The third-order valence-corrected chi connectivity index (χ3v) is 3.65. The standard InChI is InChI=1S/C20H31N3O6/c1-20(2,3)29-19(26)23(4)12-11-21-16(13-17(24)27-5)22-18(25)28-14-15-9-7-6-8-10-15/h6-10,16,21H,11-14H2,1-5H3,(H,22,25). The fourth-order valence-electron chi connectivity index (χ4n) is 2.17. The molecule has 1 aromatic carbocycles. The maximum Gasteiger partial charge on any atom is 0.410 e. The molecule has 0 saturated heterocycles. The Balaban J connectivity index is 2.49. The van der Waals surface area contributed by atoms with E-state index in [1.807, 2.05) is 30.3 Å². The van der Waals surface area contributed by atoms with E-state index in [9.17, 15) is 14.4 Å². The van der Waals surface area contributed by atoms with Crippen molar-refractivity contribution >= 4 is 18.2 Å². The van der Waals surface area contributed by atoms with Gasteiger partial charge in [-0.3, -0.25) is 10.1 Å². The summed E-state index contributed by atoms with van der Waals surface area (Å²) in [6.07, 6.45) is -1.93. The second-order valence-corrected chi connectivity index (χ2v) is 7.39. The van der Waals surface area contributed by atoms with Crippen LogP contribution in [0.2, 0.25) is 0 Å². The molecule has 1 rings (SSSR count). The van der Waals surface area contributed by atoms with Gasteiger partial charge in [-0.2, -0.15) is 0 Å². The third kappa shape index (κ3) is 10.9. The fraction of sp³-hybridized carbons (Fsp3) is 0.550. The number of benzene rings is 1.